The molecule has 1 fully saturated rings. The summed E-state index contributed by atoms with van der Waals surface area (Å²) in [5, 5.41) is 9.23. The highest BCUT2D eigenvalue weighted by atomic mass is 16.3. The van der Waals surface area contributed by atoms with Gasteiger partial charge in [0.25, 0.3) is 0 Å². The molecular formula is C9H18NO. The summed E-state index contributed by atoms with van der Waals surface area (Å²) in [6, 6.07) is 0. The molecule has 0 atom stereocenters. The van der Waals surface area contributed by atoms with Crippen LogP contribution in [0.5, 0.6) is 0 Å². The first-order valence-electron chi connectivity index (χ1n) is 4.38. The van der Waals surface area contributed by atoms with Crippen molar-refractivity contribution in [2.75, 3.05) is 19.6 Å². The van der Waals surface area contributed by atoms with Gasteiger partial charge in [0.05, 0.1) is 6.10 Å². The van der Waals surface area contributed by atoms with Crippen molar-refractivity contribution < 1.29 is 5.11 Å². The van der Waals surface area contributed by atoms with E-state index in [1.54, 1.807) is 0 Å². The van der Waals surface area contributed by atoms with Crippen molar-refractivity contribution in [1.29, 1.82) is 0 Å². The molecule has 0 spiro atoms. The highest BCUT2D eigenvalue weighted by molar-refractivity contribution is 4.84. The predicted octanol–water partition coefficient (Wildman–Crippen LogP) is 1.06. The van der Waals surface area contributed by atoms with Crippen molar-refractivity contribution in [2.24, 2.45) is 0 Å². The van der Waals surface area contributed by atoms with Crippen LogP contribution in [0.4, 0.5) is 0 Å². The Hall–Kier alpha value is -0.0800. The molecule has 0 aromatic rings. The van der Waals surface area contributed by atoms with Gasteiger partial charge >= 0.3 is 0 Å². The van der Waals surface area contributed by atoms with Gasteiger partial charge in [-0.2, -0.15) is 0 Å². The first-order valence-corrected chi connectivity index (χ1v) is 4.38. The van der Waals surface area contributed by atoms with E-state index in [1.165, 1.54) is 5.92 Å². The summed E-state index contributed by atoms with van der Waals surface area (Å²) < 4.78 is 0. The molecule has 0 aliphatic carbocycles. The predicted molar refractivity (Wildman–Crippen MR) is 46.3 cm³/mol. The second-order valence-corrected chi connectivity index (χ2v) is 3.71. The monoisotopic (exact) mass is 156 g/mol. The van der Waals surface area contributed by atoms with Crippen molar-refractivity contribution in [3.05, 3.63) is 5.92 Å². The van der Waals surface area contributed by atoms with Gasteiger partial charge in [0, 0.05) is 19.6 Å². The molecule has 65 valence electrons. The fourth-order valence-electron chi connectivity index (χ4n) is 1.52. The molecule has 1 aliphatic heterocycles. The number of piperidine rings is 1. The lowest BCUT2D eigenvalue weighted by Gasteiger charge is -2.30. The van der Waals surface area contributed by atoms with E-state index in [2.05, 4.69) is 18.7 Å². The number of hydrogen-bond donors (Lipinski definition) is 1. The Morgan fingerprint density at radius 3 is 2.36 bits per heavy atom. The Balaban J connectivity index is 2.17. The molecule has 0 aromatic heterocycles. The number of aliphatic hydroxyl groups is 1. The Kier molecular flexibility index (Phi) is 3.34. The molecule has 0 bridgehead atoms. The van der Waals surface area contributed by atoms with E-state index in [0.717, 1.165) is 32.5 Å². The van der Waals surface area contributed by atoms with Crippen LogP contribution in [-0.2, 0) is 0 Å². The number of nitrogens with zero attached hydrogens (tertiary/aromatic N) is 1. The zero-order chi connectivity index (χ0) is 8.27. The van der Waals surface area contributed by atoms with Gasteiger partial charge in [-0.15, -0.1) is 0 Å². The van der Waals surface area contributed by atoms with Crippen LogP contribution in [-0.4, -0.2) is 35.7 Å². The van der Waals surface area contributed by atoms with Gasteiger partial charge in [-0.05, 0) is 18.8 Å². The van der Waals surface area contributed by atoms with Gasteiger partial charge in [0.2, 0.25) is 0 Å². The van der Waals surface area contributed by atoms with E-state index in [0.29, 0.717) is 0 Å². The zero-order valence-electron chi connectivity index (χ0n) is 7.51. The molecule has 0 unspecified atom stereocenters. The summed E-state index contributed by atoms with van der Waals surface area (Å²) in [5.41, 5.74) is 0. The third kappa shape index (κ3) is 3.21. The molecular weight excluding hydrogens is 138 g/mol. The van der Waals surface area contributed by atoms with Gasteiger partial charge in [-0.25, -0.2) is 0 Å². The van der Waals surface area contributed by atoms with Crippen molar-refractivity contribution in [3.63, 3.8) is 0 Å². The summed E-state index contributed by atoms with van der Waals surface area (Å²) in [5.74, 6) is 1.46. The van der Waals surface area contributed by atoms with E-state index in [4.69, 9.17) is 0 Å². The van der Waals surface area contributed by atoms with E-state index in [-0.39, 0.29) is 6.10 Å². The standard InChI is InChI=1S/C9H18NO/c1-8(2)7-10-5-3-9(11)4-6-10/h9,11H,3-7H2,1-2H3. The maximum absolute atomic E-state index is 9.23. The SMILES string of the molecule is C[C](C)CN1CCC(O)CC1. The second kappa shape index (κ2) is 4.07. The average Bonchev–Trinajstić information content (AvgIpc) is 1.93. The van der Waals surface area contributed by atoms with Gasteiger partial charge in [0.15, 0.2) is 0 Å². The Morgan fingerprint density at radius 2 is 1.91 bits per heavy atom. The minimum absolute atomic E-state index is 0.0385. The fraction of sp³-hybridized carbons (Fsp3) is 0.889. The maximum Gasteiger partial charge on any atom is 0.0564 e. The fourth-order valence-corrected chi connectivity index (χ4v) is 1.52. The van der Waals surface area contributed by atoms with E-state index < -0.39 is 0 Å². The van der Waals surface area contributed by atoms with Crippen molar-refractivity contribution in [2.45, 2.75) is 32.8 Å². The highest BCUT2D eigenvalue weighted by Crippen LogP contribution is 2.11. The average molecular weight is 156 g/mol. The van der Waals surface area contributed by atoms with Crippen molar-refractivity contribution >= 4 is 0 Å². The normalized spacial score (nSPS) is 22.9. The highest BCUT2D eigenvalue weighted by Gasteiger charge is 2.16. The summed E-state index contributed by atoms with van der Waals surface area (Å²) in [7, 11) is 0. The molecule has 0 saturated carbocycles. The van der Waals surface area contributed by atoms with Gasteiger partial charge in [0.1, 0.15) is 0 Å². The molecule has 2 heteroatoms. The quantitative estimate of drug-likeness (QED) is 0.646. The molecule has 1 rings (SSSR count). The van der Waals surface area contributed by atoms with Crippen LogP contribution < -0.4 is 0 Å². The first-order chi connectivity index (χ1) is 5.18. The van der Waals surface area contributed by atoms with Crippen LogP contribution in [0.15, 0.2) is 0 Å². The zero-order valence-corrected chi connectivity index (χ0v) is 7.51. The molecule has 2 nitrogen and oxygen atoms in total. The van der Waals surface area contributed by atoms with E-state index in [1.807, 2.05) is 0 Å². The van der Waals surface area contributed by atoms with Crippen LogP contribution in [0.3, 0.4) is 0 Å². The molecule has 1 heterocycles. The van der Waals surface area contributed by atoms with Crippen LogP contribution >= 0.6 is 0 Å². The minimum Gasteiger partial charge on any atom is -0.393 e. The molecule has 1 saturated heterocycles. The van der Waals surface area contributed by atoms with Gasteiger partial charge < -0.3 is 10.0 Å². The second-order valence-electron chi connectivity index (χ2n) is 3.71. The smallest absolute Gasteiger partial charge is 0.0564 e. The van der Waals surface area contributed by atoms with Crippen LogP contribution in [0.1, 0.15) is 26.7 Å². The lowest BCUT2D eigenvalue weighted by Crippen LogP contribution is -2.37. The Bertz CT molecular complexity index is 106. The van der Waals surface area contributed by atoms with Gasteiger partial charge in [-0.1, -0.05) is 13.8 Å². The third-order valence-electron chi connectivity index (χ3n) is 2.10. The largest absolute Gasteiger partial charge is 0.393 e. The van der Waals surface area contributed by atoms with Crippen LogP contribution in [0.25, 0.3) is 0 Å². The maximum atomic E-state index is 9.23. The number of rotatable bonds is 2. The molecule has 11 heavy (non-hydrogen) atoms. The Morgan fingerprint density at radius 1 is 1.36 bits per heavy atom. The van der Waals surface area contributed by atoms with Gasteiger partial charge in [-0.3, -0.25) is 0 Å². The lowest BCUT2D eigenvalue weighted by atomic mass is 10.1. The Labute approximate surface area is 69.2 Å². The lowest BCUT2D eigenvalue weighted by molar-refractivity contribution is 0.0847. The minimum atomic E-state index is -0.0385. The summed E-state index contributed by atoms with van der Waals surface area (Å²) in [6.45, 7) is 7.54. The third-order valence-corrected chi connectivity index (χ3v) is 2.10. The molecule has 0 aromatic carbocycles. The first kappa shape index (κ1) is 9.01. The molecule has 1 N–H and O–H groups in total. The van der Waals surface area contributed by atoms with E-state index >= 15 is 0 Å². The van der Waals surface area contributed by atoms with Crippen LogP contribution in [0, 0.1) is 5.92 Å². The molecule has 1 radical (unpaired) electrons. The summed E-state index contributed by atoms with van der Waals surface area (Å²) >= 11 is 0. The molecule has 1 aliphatic rings. The number of likely N-dealkylation sites (tertiary alicyclic amines) is 1. The number of hydrogen-bond acceptors (Lipinski definition) is 2. The summed E-state index contributed by atoms with van der Waals surface area (Å²) in [4.78, 5) is 2.40. The van der Waals surface area contributed by atoms with Crippen molar-refractivity contribution in [3.8, 4) is 0 Å². The van der Waals surface area contributed by atoms with E-state index in [9.17, 15) is 5.11 Å². The summed E-state index contributed by atoms with van der Waals surface area (Å²) in [6.07, 6.45) is 1.86. The topological polar surface area (TPSA) is 23.5 Å². The van der Waals surface area contributed by atoms with Crippen LogP contribution in [0.2, 0.25) is 0 Å². The number of aliphatic hydroxyl groups excluding tert-OH is 1. The molecule has 0 amide bonds. The van der Waals surface area contributed by atoms with Crippen molar-refractivity contribution in [1.82, 2.24) is 4.90 Å².